The number of benzene rings is 1. The number of aromatic amines is 1. The van der Waals surface area contributed by atoms with Crippen molar-refractivity contribution in [3.8, 4) is 11.6 Å². The zero-order valence-electron chi connectivity index (χ0n) is 9.59. The highest BCUT2D eigenvalue weighted by Gasteiger charge is 2.01. The number of nitrogens with two attached hydrogens (primary N) is 1. The molecule has 0 bridgehead atoms. The summed E-state index contributed by atoms with van der Waals surface area (Å²) in [6.45, 7) is 0.329. The second-order valence-electron chi connectivity index (χ2n) is 3.72. The molecule has 0 aliphatic heterocycles. The average Bonchev–Trinajstić information content (AvgIpc) is 2.27. The largest absolute Gasteiger partial charge is 0.493 e. The van der Waals surface area contributed by atoms with Crippen LogP contribution in [0.15, 0.2) is 35.1 Å². The zero-order valence-corrected chi connectivity index (χ0v) is 9.59. The van der Waals surface area contributed by atoms with Gasteiger partial charge in [-0.25, -0.2) is 4.98 Å². The molecular weight excluding hydrogens is 234 g/mol. The molecule has 0 atom stereocenters. The van der Waals surface area contributed by atoms with E-state index in [2.05, 4.69) is 9.97 Å². The summed E-state index contributed by atoms with van der Waals surface area (Å²) in [5.41, 5.74) is 5.84. The number of H-pyrrole nitrogens is 1. The molecule has 0 saturated carbocycles. The number of hydrogen-bond donors (Lipinski definition) is 3. The van der Waals surface area contributed by atoms with E-state index in [9.17, 15) is 4.79 Å². The maximum absolute atomic E-state index is 11.1. The van der Waals surface area contributed by atoms with Gasteiger partial charge >= 0.3 is 0 Å². The second kappa shape index (κ2) is 5.22. The van der Waals surface area contributed by atoms with Crippen LogP contribution in [0.5, 0.6) is 11.6 Å². The lowest BCUT2D eigenvalue weighted by Crippen LogP contribution is -2.12. The van der Waals surface area contributed by atoms with Gasteiger partial charge in [0.15, 0.2) is 0 Å². The fourth-order valence-corrected chi connectivity index (χ4v) is 1.48. The molecular formula is C12H13N3O3. The predicted octanol–water partition coefficient (Wildman–Crippen LogP) is 0.679. The molecule has 1 aromatic carbocycles. The first-order chi connectivity index (χ1) is 8.63. The second-order valence-corrected chi connectivity index (χ2v) is 3.72. The third kappa shape index (κ3) is 3.24. The molecule has 1 heterocycles. The van der Waals surface area contributed by atoms with Gasteiger partial charge in [0, 0.05) is 18.2 Å². The van der Waals surface area contributed by atoms with Crippen molar-refractivity contribution < 1.29 is 9.84 Å². The third-order valence-electron chi connectivity index (χ3n) is 2.24. The number of rotatable bonds is 4. The molecule has 0 unspecified atom stereocenters. The minimum absolute atomic E-state index is 0.294. The summed E-state index contributed by atoms with van der Waals surface area (Å²) in [5.74, 6) is 0.735. The van der Waals surface area contributed by atoms with E-state index in [4.69, 9.17) is 15.6 Å². The molecule has 0 spiro atoms. The monoisotopic (exact) mass is 247 g/mol. The van der Waals surface area contributed by atoms with Gasteiger partial charge in [0.2, 0.25) is 5.88 Å². The van der Waals surface area contributed by atoms with Crippen molar-refractivity contribution in [2.75, 3.05) is 12.3 Å². The molecule has 2 aromatic rings. The Morgan fingerprint density at radius 2 is 2.22 bits per heavy atom. The van der Waals surface area contributed by atoms with E-state index in [1.54, 1.807) is 24.3 Å². The maximum Gasteiger partial charge on any atom is 0.254 e. The molecule has 0 radical (unpaired) electrons. The fraction of sp³-hybridized carbons (Fsp3) is 0.167. The first-order valence-corrected chi connectivity index (χ1v) is 5.41. The van der Waals surface area contributed by atoms with E-state index in [0.717, 1.165) is 6.07 Å². The summed E-state index contributed by atoms with van der Waals surface area (Å²) < 4.78 is 5.45. The highest BCUT2D eigenvalue weighted by Crippen LogP contribution is 2.14. The van der Waals surface area contributed by atoms with Crippen molar-refractivity contribution in [3.63, 3.8) is 0 Å². The Kier molecular flexibility index (Phi) is 3.47. The molecule has 94 valence electrons. The van der Waals surface area contributed by atoms with Gasteiger partial charge < -0.3 is 20.6 Å². The van der Waals surface area contributed by atoms with Gasteiger partial charge in [-0.15, -0.1) is 0 Å². The van der Waals surface area contributed by atoms with E-state index in [1.807, 2.05) is 0 Å². The Bertz CT molecular complexity index is 595. The SMILES string of the molecule is Nc1cccc(OCCc2nc(O)cc(=O)[nH]2)c1. The molecule has 6 nitrogen and oxygen atoms in total. The number of ether oxygens (including phenoxy) is 1. The summed E-state index contributed by atoms with van der Waals surface area (Å²) in [7, 11) is 0. The molecule has 0 aliphatic carbocycles. The Balaban J connectivity index is 1.94. The standard InChI is InChI=1S/C12H13N3O3/c13-8-2-1-3-9(6-8)18-5-4-10-14-11(16)7-12(17)15-10/h1-3,6-7H,4-5,13H2,(H2,14,15,16,17). The zero-order chi connectivity index (χ0) is 13.0. The van der Waals surface area contributed by atoms with Gasteiger partial charge in [-0.2, -0.15) is 0 Å². The minimum Gasteiger partial charge on any atom is -0.493 e. The van der Waals surface area contributed by atoms with Crippen LogP contribution < -0.4 is 16.0 Å². The third-order valence-corrected chi connectivity index (χ3v) is 2.24. The smallest absolute Gasteiger partial charge is 0.254 e. The van der Waals surface area contributed by atoms with Gasteiger partial charge in [0.05, 0.1) is 12.7 Å². The van der Waals surface area contributed by atoms with E-state index in [1.165, 1.54) is 0 Å². The van der Waals surface area contributed by atoms with Crippen LogP contribution in [0, 0.1) is 0 Å². The van der Waals surface area contributed by atoms with Gasteiger partial charge in [-0.05, 0) is 12.1 Å². The molecule has 6 heteroatoms. The number of nitrogens with zero attached hydrogens (tertiary/aromatic N) is 1. The first kappa shape index (κ1) is 12.0. The molecule has 0 fully saturated rings. The van der Waals surface area contributed by atoms with Crippen molar-refractivity contribution in [1.82, 2.24) is 9.97 Å². The van der Waals surface area contributed by atoms with Crippen LogP contribution in [0.2, 0.25) is 0 Å². The lowest BCUT2D eigenvalue weighted by atomic mass is 10.3. The van der Waals surface area contributed by atoms with Crippen LogP contribution in [-0.2, 0) is 6.42 Å². The van der Waals surface area contributed by atoms with Crippen LogP contribution in [0.3, 0.4) is 0 Å². The van der Waals surface area contributed by atoms with Crippen LogP contribution >= 0.6 is 0 Å². The Labute approximate surface area is 103 Å². The van der Waals surface area contributed by atoms with E-state index < -0.39 is 0 Å². The number of nitrogen functional groups attached to an aromatic ring is 1. The average molecular weight is 247 g/mol. The highest BCUT2D eigenvalue weighted by atomic mass is 16.5. The molecule has 0 aliphatic rings. The fourth-order valence-electron chi connectivity index (χ4n) is 1.48. The molecule has 4 N–H and O–H groups in total. The van der Waals surface area contributed by atoms with Crippen molar-refractivity contribution in [2.24, 2.45) is 0 Å². The van der Waals surface area contributed by atoms with Crippen LogP contribution in [0.4, 0.5) is 5.69 Å². The van der Waals surface area contributed by atoms with Crippen LogP contribution in [0.1, 0.15) is 5.82 Å². The summed E-state index contributed by atoms with van der Waals surface area (Å²) in [6.07, 6.45) is 0.387. The molecule has 1 aromatic heterocycles. The Morgan fingerprint density at radius 3 is 2.94 bits per heavy atom. The normalized spacial score (nSPS) is 10.2. The van der Waals surface area contributed by atoms with Crippen LogP contribution in [-0.4, -0.2) is 21.7 Å². The predicted molar refractivity (Wildman–Crippen MR) is 66.6 cm³/mol. The van der Waals surface area contributed by atoms with Crippen molar-refractivity contribution in [1.29, 1.82) is 0 Å². The Morgan fingerprint density at radius 1 is 1.39 bits per heavy atom. The summed E-state index contributed by atoms with van der Waals surface area (Å²) in [5, 5.41) is 9.16. The van der Waals surface area contributed by atoms with Crippen LogP contribution in [0.25, 0.3) is 0 Å². The first-order valence-electron chi connectivity index (χ1n) is 5.41. The number of aromatic nitrogens is 2. The van der Waals surface area contributed by atoms with E-state index >= 15 is 0 Å². The van der Waals surface area contributed by atoms with Gasteiger partial charge in [-0.3, -0.25) is 4.79 Å². The van der Waals surface area contributed by atoms with Gasteiger partial charge in [-0.1, -0.05) is 6.07 Å². The number of hydrogen-bond acceptors (Lipinski definition) is 5. The Hall–Kier alpha value is -2.50. The lowest BCUT2D eigenvalue weighted by Gasteiger charge is -2.06. The van der Waals surface area contributed by atoms with E-state index in [0.29, 0.717) is 30.3 Å². The van der Waals surface area contributed by atoms with Crippen molar-refractivity contribution >= 4 is 5.69 Å². The minimum atomic E-state index is -0.388. The summed E-state index contributed by atoms with van der Waals surface area (Å²) >= 11 is 0. The molecule has 18 heavy (non-hydrogen) atoms. The lowest BCUT2D eigenvalue weighted by molar-refractivity contribution is 0.318. The molecule has 2 rings (SSSR count). The molecule has 0 saturated heterocycles. The quantitative estimate of drug-likeness (QED) is 0.689. The van der Waals surface area contributed by atoms with Crippen molar-refractivity contribution in [2.45, 2.75) is 6.42 Å². The van der Waals surface area contributed by atoms with Crippen molar-refractivity contribution in [3.05, 3.63) is 46.5 Å². The highest BCUT2D eigenvalue weighted by molar-refractivity contribution is 5.43. The van der Waals surface area contributed by atoms with E-state index in [-0.39, 0.29) is 11.4 Å². The number of nitrogens with one attached hydrogen (secondary N) is 1. The van der Waals surface area contributed by atoms with Gasteiger partial charge in [0.1, 0.15) is 11.6 Å². The number of aromatic hydroxyl groups is 1. The summed E-state index contributed by atoms with van der Waals surface area (Å²) in [6, 6.07) is 8.07. The summed E-state index contributed by atoms with van der Waals surface area (Å²) in [4.78, 5) is 17.4. The molecule has 0 amide bonds. The topological polar surface area (TPSA) is 101 Å². The maximum atomic E-state index is 11.1. The number of anilines is 1. The van der Waals surface area contributed by atoms with Gasteiger partial charge in [0.25, 0.3) is 5.56 Å².